The quantitative estimate of drug-likeness (QED) is 0.191. The number of benzene rings is 8. The van der Waals surface area contributed by atoms with Crippen LogP contribution in [-0.2, 0) is 0 Å². The monoisotopic (exact) mass is 572 g/mol. The average Bonchev–Trinajstić information content (AvgIpc) is 3.48. The van der Waals surface area contributed by atoms with Gasteiger partial charge in [-0.15, -0.1) is 0 Å². The molecule has 0 unspecified atom stereocenters. The summed E-state index contributed by atoms with van der Waals surface area (Å²) < 4.78 is 6.40. The zero-order chi connectivity index (χ0) is 29.7. The molecular weight excluding hydrogens is 544 g/mol. The Morgan fingerprint density at radius 1 is 0.244 bits per heavy atom. The summed E-state index contributed by atoms with van der Waals surface area (Å²) in [6.07, 6.45) is 0. The summed E-state index contributed by atoms with van der Waals surface area (Å²) >= 11 is 0. The molecule has 1 aromatic heterocycles. The highest BCUT2D eigenvalue weighted by atomic mass is 16.3. The molecule has 8 aromatic carbocycles. The number of hydrogen-bond donors (Lipinski definition) is 0. The average molecular weight is 573 g/mol. The summed E-state index contributed by atoms with van der Waals surface area (Å²) in [6.45, 7) is 0. The van der Waals surface area contributed by atoms with Crippen LogP contribution in [0.2, 0.25) is 0 Å². The predicted octanol–water partition coefficient (Wildman–Crippen LogP) is 12.6. The van der Waals surface area contributed by atoms with Gasteiger partial charge in [0, 0.05) is 10.8 Å². The van der Waals surface area contributed by atoms with Gasteiger partial charge in [0.15, 0.2) is 0 Å². The molecule has 1 nitrogen and oxygen atoms in total. The van der Waals surface area contributed by atoms with E-state index in [0.717, 1.165) is 27.5 Å². The fourth-order valence-electron chi connectivity index (χ4n) is 6.95. The van der Waals surface area contributed by atoms with Crippen LogP contribution in [-0.4, -0.2) is 0 Å². The van der Waals surface area contributed by atoms with E-state index in [1.165, 1.54) is 60.5 Å². The lowest BCUT2D eigenvalue weighted by atomic mass is 9.85. The molecule has 0 saturated heterocycles. The van der Waals surface area contributed by atoms with E-state index in [2.05, 4.69) is 164 Å². The zero-order valence-corrected chi connectivity index (χ0v) is 24.6. The number of hydrogen-bond acceptors (Lipinski definition) is 1. The van der Waals surface area contributed by atoms with Crippen LogP contribution in [0.3, 0.4) is 0 Å². The van der Waals surface area contributed by atoms with Gasteiger partial charge in [-0.25, -0.2) is 0 Å². The maximum Gasteiger partial charge on any atom is 0.136 e. The van der Waals surface area contributed by atoms with Crippen LogP contribution in [0.15, 0.2) is 174 Å². The first-order valence-corrected chi connectivity index (χ1v) is 15.4. The Hall–Kier alpha value is -5.92. The normalized spacial score (nSPS) is 11.6. The minimum Gasteiger partial charge on any atom is -0.456 e. The largest absolute Gasteiger partial charge is 0.456 e. The SMILES string of the molecule is c1ccc(-c2ccc(-c3c4ccccc4c(-c4ccc5oc6cc(-c7ccccc7)ccc6c5c4)c4ccccc34)cc2)cc1. The molecule has 0 saturated carbocycles. The molecule has 210 valence electrons. The van der Waals surface area contributed by atoms with Gasteiger partial charge in [0.25, 0.3) is 0 Å². The molecule has 0 spiro atoms. The Balaban J connectivity index is 1.24. The van der Waals surface area contributed by atoms with Gasteiger partial charge < -0.3 is 4.42 Å². The van der Waals surface area contributed by atoms with Crippen LogP contribution in [0, 0.1) is 0 Å². The van der Waals surface area contributed by atoms with E-state index in [0.29, 0.717) is 0 Å². The lowest BCUT2D eigenvalue weighted by Gasteiger charge is -2.18. The highest BCUT2D eigenvalue weighted by Crippen LogP contribution is 2.45. The third-order valence-electron chi connectivity index (χ3n) is 9.08. The molecule has 0 fully saturated rings. The fraction of sp³-hybridized carbons (Fsp3) is 0. The van der Waals surface area contributed by atoms with Crippen LogP contribution in [0.25, 0.3) is 88.0 Å². The van der Waals surface area contributed by atoms with Crippen LogP contribution in [0.1, 0.15) is 0 Å². The highest BCUT2D eigenvalue weighted by molar-refractivity contribution is 6.22. The second-order valence-corrected chi connectivity index (χ2v) is 11.7. The van der Waals surface area contributed by atoms with Gasteiger partial charge in [0.1, 0.15) is 11.2 Å². The van der Waals surface area contributed by atoms with Crippen LogP contribution in [0.5, 0.6) is 0 Å². The van der Waals surface area contributed by atoms with Crippen molar-refractivity contribution in [2.75, 3.05) is 0 Å². The standard InChI is InChI=1S/C44H28O/c1-3-11-29(12-4-1)31-19-21-32(22-20-31)43-36-15-7-9-17-38(36)44(39-18-10-8-16-37(39)43)34-24-26-41-40(27-34)35-25-23-33(28-42(35)45-41)30-13-5-2-6-14-30/h1-28H. The van der Waals surface area contributed by atoms with Crippen molar-refractivity contribution in [3.05, 3.63) is 170 Å². The third kappa shape index (κ3) is 4.24. The van der Waals surface area contributed by atoms with Gasteiger partial charge in [-0.3, -0.25) is 0 Å². The summed E-state index contributed by atoms with van der Waals surface area (Å²) in [5, 5.41) is 7.27. The van der Waals surface area contributed by atoms with E-state index >= 15 is 0 Å². The van der Waals surface area contributed by atoms with Crippen LogP contribution >= 0.6 is 0 Å². The molecule has 9 rings (SSSR count). The van der Waals surface area contributed by atoms with E-state index in [-0.39, 0.29) is 0 Å². The Labute approximate surface area is 261 Å². The van der Waals surface area contributed by atoms with Gasteiger partial charge in [-0.2, -0.15) is 0 Å². The van der Waals surface area contributed by atoms with Crippen molar-refractivity contribution < 1.29 is 4.42 Å². The first-order chi connectivity index (χ1) is 22.3. The molecule has 0 radical (unpaired) electrons. The Morgan fingerprint density at radius 2 is 0.689 bits per heavy atom. The van der Waals surface area contributed by atoms with Crippen molar-refractivity contribution in [1.29, 1.82) is 0 Å². The van der Waals surface area contributed by atoms with E-state index in [1.54, 1.807) is 0 Å². The highest BCUT2D eigenvalue weighted by Gasteiger charge is 2.18. The lowest BCUT2D eigenvalue weighted by molar-refractivity contribution is 0.669. The van der Waals surface area contributed by atoms with Gasteiger partial charge in [0.05, 0.1) is 0 Å². The van der Waals surface area contributed by atoms with E-state index < -0.39 is 0 Å². The first-order valence-electron chi connectivity index (χ1n) is 15.4. The van der Waals surface area contributed by atoms with Crippen molar-refractivity contribution in [3.63, 3.8) is 0 Å². The van der Waals surface area contributed by atoms with E-state index in [9.17, 15) is 0 Å². The summed E-state index contributed by atoms with van der Waals surface area (Å²) in [4.78, 5) is 0. The van der Waals surface area contributed by atoms with Crippen molar-refractivity contribution in [2.24, 2.45) is 0 Å². The molecule has 0 atom stereocenters. The first kappa shape index (κ1) is 25.6. The number of furan rings is 1. The third-order valence-corrected chi connectivity index (χ3v) is 9.08. The van der Waals surface area contributed by atoms with Crippen molar-refractivity contribution >= 4 is 43.5 Å². The zero-order valence-electron chi connectivity index (χ0n) is 24.6. The topological polar surface area (TPSA) is 13.1 Å². The van der Waals surface area contributed by atoms with Gasteiger partial charge in [0.2, 0.25) is 0 Å². The molecule has 45 heavy (non-hydrogen) atoms. The minimum atomic E-state index is 0.905. The molecule has 0 aliphatic rings. The van der Waals surface area contributed by atoms with Gasteiger partial charge in [-0.1, -0.05) is 146 Å². The maximum atomic E-state index is 6.40. The molecule has 0 aliphatic heterocycles. The summed E-state index contributed by atoms with van der Waals surface area (Å²) in [5.41, 5.74) is 11.6. The van der Waals surface area contributed by atoms with Crippen molar-refractivity contribution in [1.82, 2.24) is 0 Å². The smallest absolute Gasteiger partial charge is 0.136 e. The maximum absolute atomic E-state index is 6.40. The van der Waals surface area contributed by atoms with Gasteiger partial charge >= 0.3 is 0 Å². The van der Waals surface area contributed by atoms with Crippen molar-refractivity contribution in [3.8, 4) is 44.5 Å². The molecule has 1 heterocycles. The summed E-state index contributed by atoms with van der Waals surface area (Å²) in [7, 11) is 0. The molecule has 0 aliphatic carbocycles. The van der Waals surface area contributed by atoms with Crippen LogP contribution in [0.4, 0.5) is 0 Å². The van der Waals surface area contributed by atoms with Gasteiger partial charge in [-0.05, 0) is 90.3 Å². The molecule has 0 amide bonds. The molecular formula is C44H28O. The Bertz CT molecular complexity index is 2450. The van der Waals surface area contributed by atoms with Crippen molar-refractivity contribution in [2.45, 2.75) is 0 Å². The van der Waals surface area contributed by atoms with Crippen LogP contribution < -0.4 is 0 Å². The molecule has 9 aromatic rings. The second kappa shape index (κ2) is 10.4. The minimum absolute atomic E-state index is 0.905. The molecule has 0 bridgehead atoms. The summed E-state index contributed by atoms with van der Waals surface area (Å²) in [5.74, 6) is 0. The Morgan fingerprint density at radius 3 is 1.29 bits per heavy atom. The lowest BCUT2D eigenvalue weighted by Crippen LogP contribution is -1.91. The molecule has 1 heteroatoms. The van der Waals surface area contributed by atoms with E-state index in [4.69, 9.17) is 4.42 Å². The molecule has 0 N–H and O–H groups in total. The van der Waals surface area contributed by atoms with E-state index in [1.807, 2.05) is 6.07 Å². The number of rotatable bonds is 4. The number of fused-ring (bicyclic) bond motifs is 5. The predicted molar refractivity (Wildman–Crippen MR) is 190 cm³/mol. The second-order valence-electron chi connectivity index (χ2n) is 11.7. The fourth-order valence-corrected chi connectivity index (χ4v) is 6.95. The Kier molecular flexibility index (Phi) is 5.89. The summed E-state index contributed by atoms with van der Waals surface area (Å²) in [6, 6.07) is 60.9.